The first kappa shape index (κ1) is 39.3. The van der Waals surface area contributed by atoms with Crippen LogP contribution in [-0.2, 0) is 44.0 Å². The Hall–Kier alpha value is -1.86. The fourth-order valence-electron chi connectivity index (χ4n) is 4.68. The second-order valence-electron chi connectivity index (χ2n) is 10.0. The largest absolute Gasteiger partial charge is 0.385 e. The first-order valence-electron chi connectivity index (χ1n) is 14.3. The van der Waals surface area contributed by atoms with E-state index >= 15 is 0 Å². The van der Waals surface area contributed by atoms with Crippen molar-refractivity contribution in [3.63, 3.8) is 0 Å². The monoisotopic (exact) mass is 705 g/mol. The van der Waals surface area contributed by atoms with Crippen molar-refractivity contribution in [2.24, 2.45) is 0 Å². The molecule has 0 fully saturated rings. The average Bonchev–Trinajstić information content (AvgIpc) is 3.43. The number of likely N-dealkylation sites (N-methyl/N-ethyl adjacent to an activating group) is 1. The maximum atomic E-state index is 13.6. The van der Waals surface area contributed by atoms with E-state index in [4.69, 9.17) is 25.6 Å². The molecule has 260 valence electrons. The molecule has 1 aliphatic heterocycles. The second kappa shape index (κ2) is 19.1. The van der Waals surface area contributed by atoms with Crippen molar-refractivity contribution >= 4 is 43.2 Å². The molecule has 1 aromatic rings. The summed E-state index contributed by atoms with van der Waals surface area (Å²) >= 11 is 0.516. The summed E-state index contributed by atoms with van der Waals surface area (Å²) in [4.78, 5) is 36.2. The highest BCUT2D eigenvalue weighted by Crippen LogP contribution is 2.42. The summed E-state index contributed by atoms with van der Waals surface area (Å²) in [6.07, 6.45) is 2.89. The van der Waals surface area contributed by atoms with Gasteiger partial charge in [0.15, 0.2) is 0 Å². The molecule has 0 radical (unpaired) electrons. The van der Waals surface area contributed by atoms with Gasteiger partial charge in [0.1, 0.15) is 8.42 Å². The molecule has 5 N–H and O–H groups in total. The molecule has 0 aromatic carbocycles. The number of carbonyl (C=O) groups is 2. The minimum atomic E-state index is -4.44. The van der Waals surface area contributed by atoms with Crippen LogP contribution in [0.1, 0.15) is 76.3 Å². The van der Waals surface area contributed by atoms with Crippen LogP contribution in [0.15, 0.2) is 14.5 Å². The van der Waals surface area contributed by atoms with Gasteiger partial charge in [-0.05, 0) is 45.1 Å². The third kappa shape index (κ3) is 12.4. The first-order valence-corrected chi connectivity index (χ1v) is 18.1. The molecule has 0 bridgehead atoms. The van der Waals surface area contributed by atoms with Crippen LogP contribution in [0.25, 0.3) is 0 Å². The fourth-order valence-corrected chi connectivity index (χ4v) is 9.56. The van der Waals surface area contributed by atoms with Crippen LogP contribution < -0.4 is 4.72 Å². The number of hydrogen-bond acceptors (Lipinski definition) is 16. The zero-order valence-corrected chi connectivity index (χ0v) is 27.7. The summed E-state index contributed by atoms with van der Waals surface area (Å²) in [7, 11) is -7.08. The highest BCUT2D eigenvalue weighted by Gasteiger charge is 2.43. The van der Waals surface area contributed by atoms with Gasteiger partial charge in [0.05, 0.1) is 30.0 Å². The highest BCUT2D eigenvalue weighted by atomic mass is 32.3. The highest BCUT2D eigenvalue weighted by molar-refractivity contribution is 7.94. The lowest BCUT2D eigenvalue weighted by molar-refractivity contribution is -0.492. The number of sulfonamides is 2. The van der Waals surface area contributed by atoms with E-state index in [1.807, 2.05) is 4.72 Å². The summed E-state index contributed by atoms with van der Waals surface area (Å²) in [5.74, 6) is -1.06. The topological polar surface area (TPSA) is 236 Å². The van der Waals surface area contributed by atoms with Crippen LogP contribution in [0.2, 0.25) is 0 Å². The molecule has 1 atom stereocenters. The zero-order chi connectivity index (χ0) is 33.6. The lowest BCUT2D eigenvalue weighted by Gasteiger charge is -2.38. The molecule has 18 nitrogen and oxygen atoms in total. The van der Waals surface area contributed by atoms with Gasteiger partial charge in [0.25, 0.3) is 20.0 Å². The molecule has 45 heavy (non-hydrogen) atoms. The SMILES string of the molecule is CCN(C(=O)CCCCCON(O)O)[C@H]1CN(CCCOC)S(=O)(=O)c2sc(S(=O)(=O)NC(=O)CCCCCON(O)O)cc21. The maximum Gasteiger partial charge on any atom is 0.273 e. The predicted octanol–water partition coefficient (Wildman–Crippen LogP) is 1.63. The van der Waals surface area contributed by atoms with Crippen LogP contribution >= 0.6 is 11.3 Å². The van der Waals surface area contributed by atoms with Crippen LogP contribution in [0.3, 0.4) is 0 Å². The lowest BCUT2D eigenvalue weighted by atomic mass is 10.1. The minimum Gasteiger partial charge on any atom is -0.385 e. The van der Waals surface area contributed by atoms with Crippen LogP contribution in [-0.4, -0.2) is 116 Å². The normalized spacial score (nSPS) is 16.7. The van der Waals surface area contributed by atoms with E-state index in [2.05, 4.69) is 9.68 Å². The van der Waals surface area contributed by atoms with Gasteiger partial charge in [0.2, 0.25) is 11.8 Å². The quantitative estimate of drug-likeness (QED) is 0.0852. The smallest absolute Gasteiger partial charge is 0.273 e. The van der Waals surface area contributed by atoms with E-state index in [0.717, 1.165) is 0 Å². The van der Waals surface area contributed by atoms with Gasteiger partial charge in [-0.2, -0.15) is 4.31 Å². The minimum absolute atomic E-state index is 0.0217. The number of nitrogens with zero attached hydrogens (tertiary/aromatic N) is 4. The Kier molecular flexibility index (Phi) is 16.7. The average molecular weight is 706 g/mol. The Morgan fingerprint density at radius 3 is 2.13 bits per heavy atom. The van der Waals surface area contributed by atoms with Gasteiger partial charge in [-0.25, -0.2) is 21.6 Å². The Morgan fingerprint density at radius 1 is 0.978 bits per heavy atom. The van der Waals surface area contributed by atoms with E-state index in [1.165, 1.54) is 22.4 Å². The van der Waals surface area contributed by atoms with Crippen LogP contribution in [0.4, 0.5) is 0 Å². The number of amides is 2. The number of rotatable bonds is 22. The molecule has 0 aliphatic carbocycles. The molecular weight excluding hydrogens is 662 g/mol. The Labute approximate surface area is 266 Å². The first-order chi connectivity index (χ1) is 21.2. The molecule has 2 heterocycles. The van der Waals surface area contributed by atoms with Crippen LogP contribution in [0, 0.1) is 0 Å². The van der Waals surface area contributed by atoms with Crippen molar-refractivity contribution in [3.05, 3.63) is 11.6 Å². The molecule has 1 aliphatic rings. The Morgan fingerprint density at radius 2 is 1.58 bits per heavy atom. The predicted molar refractivity (Wildman–Crippen MR) is 155 cm³/mol. The third-order valence-corrected chi connectivity index (χ3v) is 12.2. The van der Waals surface area contributed by atoms with E-state index in [1.54, 1.807) is 6.92 Å². The van der Waals surface area contributed by atoms with E-state index < -0.39 is 37.4 Å². The van der Waals surface area contributed by atoms with Gasteiger partial charge in [-0.15, -0.1) is 11.3 Å². The lowest BCUT2D eigenvalue weighted by Crippen LogP contribution is -2.47. The summed E-state index contributed by atoms with van der Waals surface area (Å²) in [5.41, 5.74) is 0.159. The molecule has 2 rings (SSSR count). The number of methoxy groups -OCH3 is 1. The van der Waals surface area contributed by atoms with Crippen LogP contribution in [0.5, 0.6) is 0 Å². The van der Waals surface area contributed by atoms with Gasteiger partial charge in [-0.1, -0.05) is 12.8 Å². The number of nitrogens with one attached hydrogen (secondary N) is 1. The van der Waals surface area contributed by atoms with Gasteiger partial charge in [-0.3, -0.25) is 40.1 Å². The second-order valence-corrected chi connectivity index (χ2v) is 15.1. The van der Waals surface area contributed by atoms with Gasteiger partial charge in [0, 0.05) is 51.8 Å². The van der Waals surface area contributed by atoms with Crippen molar-refractivity contribution in [2.75, 3.05) is 46.6 Å². The molecule has 0 unspecified atom stereocenters. The van der Waals surface area contributed by atoms with E-state index in [-0.39, 0.29) is 77.4 Å². The number of thiophene rings is 1. The summed E-state index contributed by atoms with van der Waals surface area (Å²) < 4.78 is 61.2. The van der Waals surface area contributed by atoms with Crippen molar-refractivity contribution in [1.29, 1.82) is 0 Å². The van der Waals surface area contributed by atoms with Crippen molar-refractivity contribution < 1.29 is 61.7 Å². The fraction of sp³-hybridized carbons (Fsp3) is 0.750. The summed E-state index contributed by atoms with van der Waals surface area (Å²) in [6.45, 7) is 2.25. The van der Waals surface area contributed by atoms with Crippen molar-refractivity contribution in [1.82, 2.24) is 24.7 Å². The number of unbranched alkanes of at least 4 members (excludes halogenated alkanes) is 4. The van der Waals surface area contributed by atoms with Gasteiger partial charge < -0.3 is 9.64 Å². The molecule has 0 saturated heterocycles. The zero-order valence-electron chi connectivity index (χ0n) is 25.2. The molecule has 0 spiro atoms. The third-order valence-electron chi connectivity index (χ3n) is 6.82. The maximum absolute atomic E-state index is 13.6. The van der Waals surface area contributed by atoms with Crippen molar-refractivity contribution in [2.45, 2.75) is 79.2 Å². The Bertz CT molecular complexity index is 1290. The molecule has 1 aromatic heterocycles. The van der Waals surface area contributed by atoms with E-state index in [9.17, 15) is 26.4 Å². The number of hydrogen-bond donors (Lipinski definition) is 5. The molecular formula is C24H43N5O13S3. The molecule has 21 heteroatoms. The van der Waals surface area contributed by atoms with Gasteiger partial charge >= 0.3 is 0 Å². The molecule has 0 saturated carbocycles. The summed E-state index contributed by atoms with van der Waals surface area (Å²) in [5, 5.41) is 33.4. The number of fused-ring (bicyclic) bond motifs is 1. The number of carbonyl (C=O) groups excluding carboxylic acids is 2. The standard InChI is InChI=1S/C24H43N5O13S3/c1-3-27(22(31)12-7-5-9-16-42-29(34)35)20-18-26(13-10-14-40-2)45(38,39)24-19(20)17-23(43-24)44(36,37)25-21(30)11-6-4-8-15-41-28(32)33/h17,20,32-35H,3-16,18H2,1-2H3,(H,25,30)/t20-/m0/s1. The number of ether oxygens (including phenoxy) is 1. The molecule has 2 amide bonds. The van der Waals surface area contributed by atoms with E-state index in [0.29, 0.717) is 56.5 Å². The Balaban J connectivity index is 2.24. The summed E-state index contributed by atoms with van der Waals surface area (Å²) in [6, 6.07) is 0.427. The van der Waals surface area contributed by atoms with Crippen molar-refractivity contribution in [3.8, 4) is 0 Å².